The van der Waals surface area contributed by atoms with Gasteiger partial charge in [-0.15, -0.1) is 11.8 Å². The molecule has 3 rings (SSSR count). The van der Waals surface area contributed by atoms with Crippen LogP contribution in [-0.2, 0) is 15.7 Å². The van der Waals surface area contributed by atoms with Crippen molar-refractivity contribution in [3.63, 3.8) is 0 Å². The fourth-order valence-corrected chi connectivity index (χ4v) is 4.49. The average Bonchev–Trinajstić information content (AvgIpc) is 2.74. The summed E-state index contributed by atoms with van der Waals surface area (Å²) in [7, 11) is 1.36. The summed E-state index contributed by atoms with van der Waals surface area (Å²) in [5.74, 6) is -0.894. The highest BCUT2D eigenvalue weighted by Gasteiger charge is 2.37. The molecule has 0 saturated carbocycles. The van der Waals surface area contributed by atoms with E-state index >= 15 is 0 Å². The summed E-state index contributed by atoms with van der Waals surface area (Å²) < 4.78 is 66.0. The number of aliphatic hydroxyl groups excluding tert-OH is 1. The third kappa shape index (κ3) is 5.58. The van der Waals surface area contributed by atoms with E-state index in [2.05, 4.69) is 4.98 Å². The lowest BCUT2D eigenvalue weighted by Gasteiger charge is -2.21. The molecule has 1 unspecified atom stereocenters. The number of alkyl halides is 3. The van der Waals surface area contributed by atoms with E-state index in [0.29, 0.717) is 6.07 Å². The Morgan fingerprint density at radius 3 is 2.55 bits per heavy atom. The predicted octanol–water partition coefficient (Wildman–Crippen LogP) is 3.77. The molecular weight excluding hydrogens is 492 g/mol. The van der Waals surface area contributed by atoms with Crippen LogP contribution in [0.3, 0.4) is 0 Å². The lowest BCUT2D eigenvalue weighted by Crippen LogP contribution is -2.24. The Morgan fingerprint density at radius 1 is 1.21 bits per heavy atom. The number of thioether (sulfide) groups is 1. The van der Waals surface area contributed by atoms with Crippen LogP contribution in [0.5, 0.6) is 0 Å². The Balaban J connectivity index is 2.34. The van der Waals surface area contributed by atoms with Crippen molar-refractivity contribution in [1.29, 1.82) is 0 Å². The zero-order valence-corrected chi connectivity index (χ0v) is 18.5. The van der Waals surface area contributed by atoms with Gasteiger partial charge in [-0.05, 0) is 23.8 Å². The molecule has 33 heavy (non-hydrogen) atoms. The Labute approximate surface area is 192 Å². The molecule has 0 bridgehead atoms. The monoisotopic (exact) mass is 508 g/mol. The number of halogens is 5. The standard InChI is InChI=1S/C20H17ClF4N2O5S/c1-31-8-32-10(6-28)7-33-17-15(9-2-3-14(22)13(21)4-9)12(20(23,24)25)5-11-16(17)26-19(30)27-18(11)29/h2-5,10,28H,6-8H2,1H3,(H2,26,27,29,30). The first kappa shape index (κ1) is 25.2. The zero-order chi connectivity index (χ0) is 24.3. The Kier molecular flexibility index (Phi) is 7.85. The maximum Gasteiger partial charge on any atom is 0.417 e. The number of ether oxygens (including phenoxy) is 2. The number of aliphatic hydroxyl groups is 1. The second-order valence-corrected chi connectivity index (χ2v) is 8.21. The molecule has 0 spiro atoms. The lowest BCUT2D eigenvalue weighted by molar-refractivity contribution is -0.137. The number of fused-ring (bicyclic) bond motifs is 1. The van der Waals surface area contributed by atoms with Gasteiger partial charge < -0.3 is 19.6 Å². The molecule has 0 fully saturated rings. The molecule has 0 saturated heterocycles. The minimum Gasteiger partial charge on any atom is -0.394 e. The van der Waals surface area contributed by atoms with Crippen molar-refractivity contribution in [3.8, 4) is 11.1 Å². The molecule has 178 valence electrons. The van der Waals surface area contributed by atoms with Crippen LogP contribution in [0.25, 0.3) is 22.0 Å². The number of nitrogens with one attached hydrogen (secondary N) is 2. The number of methoxy groups -OCH3 is 1. The molecule has 3 aromatic rings. The molecule has 13 heteroatoms. The van der Waals surface area contributed by atoms with Crippen molar-refractivity contribution < 1.29 is 32.1 Å². The molecule has 3 N–H and O–H groups in total. The van der Waals surface area contributed by atoms with Crippen LogP contribution in [0, 0.1) is 5.82 Å². The van der Waals surface area contributed by atoms with Crippen LogP contribution in [-0.4, -0.2) is 47.4 Å². The Bertz CT molecular complexity index is 1280. The van der Waals surface area contributed by atoms with Gasteiger partial charge in [-0.2, -0.15) is 13.2 Å². The van der Waals surface area contributed by atoms with Gasteiger partial charge in [0.1, 0.15) is 12.6 Å². The number of benzene rings is 2. The quantitative estimate of drug-likeness (QED) is 0.243. The number of aromatic nitrogens is 2. The second-order valence-electron chi connectivity index (χ2n) is 6.77. The van der Waals surface area contributed by atoms with Crippen LogP contribution in [0.4, 0.5) is 17.6 Å². The van der Waals surface area contributed by atoms with E-state index in [-0.39, 0.29) is 28.5 Å². The lowest BCUT2D eigenvalue weighted by atomic mass is 9.97. The fraction of sp³-hybridized carbons (Fsp3) is 0.300. The molecule has 7 nitrogen and oxygen atoms in total. The van der Waals surface area contributed by atoms with E-state index < -0.39 is 57.5 Å². The van der Waals surface area contributed by atoms with Gasteiger partial charge in [-0.25, -0.2) is 9.18 Å². The topological polar surface area (TPSA) is 104 Å². The van der Waals surface area contributed by atoms with E-state index in [9.17, 15) is 32.3 Å². The minimum atomic E-state index is -4.91. The minimum absolute atomic E-state index is 0.0625. The Hall–Kier alpha value is -2.38. The molecule has 0 aliphatic rings. The summed E-state index contributed by atoms with van der Waals surface area (Å²) in [6.07, 6.45) is -5.75. The Morgan fingerprint density at radius 2 is 1.94 bits per heavy atom. The molecule has 2 aromatic carbocycles. The van der Waals surface area contributed by atoms with Gasteiger partial charge in [-0.1, -0.05) is 17.7 Å². The molecule has 0 amide bonds. The normalized spacial score (nSPS) is 12.9. The van der Waals surface area contributed by atoms with E-state index in [1.165, 1.54) is 7.11 Å². The van der Waals surface area contributed by atoms with E-state index in [4.69, 9.17) is 21.1 Å². The first-order chi connectivity index (χ1) is 15.6. The summed E-state index contributed by atoms with van der Waals surface area (Å²) in [5.41, 5.74) is -3.77. The predicted molar refractivity (Wildman–Crippen MR) is 115 cm³/mol. The first-order valence-electron chi connectivity index (χ1n) is 9.27. The maximum absolute atomic E-state index is 14.1. The van der Waals surface area contributed by atoms with Gasteiger partial charge in [0.05, 0.1) is 34.2 Å². The highest BCUT2D eigenvalue weighted by atomic mass is 35.5. The van der Waals surface area contributed by atoms with Crippen molar-refractivity contribution in [2.75, 3.05) is 26.3 Å². The van der Waals surface area contributed by atoms with Gasteiger partial charge >= 0.3 is 11.9 Å². The van der Waals surface area contributed by atoms with Gasteiger partial charge in [0, 0.05) is 23.3 Å². The summed E-state index contributed by atoms with van der Waals surface area (Å²) in [6.45, 7) is -0.645. The third-order valence-electron chi connectivity index (χ3n) is 4.54. The number of H-pyrrole nitrogens is 2. The largest absolute Gasteiger partial charge is 0.417 e. The summed E-state index contributed by atoms with van der Waals surface area (Å²) in [5, 5.41) is 8.71. The molecule has 1 atom stereocenters. The second kappa shape index (κ2) is 10.3. The molecule has 1 heterocycles. The van der Waals surface area contributed by atoms with Crippen molar-refractivity contribution in [2.45, 2.75) is 17.2 Å². The maximum atomic E-state index is 14.1. The number of rotatable bonds is 8. The summed E-state index contributed by atoms with van der Waals surface area (Å²) >= 11 is 6.63. The molecule has 0 aliphatic carbocycles. The van der Waals surface area contributed by atoms with Crippen LogP contribution in [0.15, 0.2) is 38.8 Å². The number of hydrogen-bond donors (Lipinski definition) is 3. The first-order valence-corrected chi connectivity index (χ1v) is 10.6. The van der Waals surface area contributed by atoms with Crippen LogP contribution in [0.2, 0.25) is 5.02 Å². The molecular formula is C20H17ClF4N2O5S. The molecule has 0 aliphatic heterocycles. The SMILES string of the molecule is COCOC(CO)CSc1c(-c2ccc(F)c(Cl)c2)c(C(F)(F)F)cc2c(=O)[nH]c(=O)[nH]c12. The average molecular weight is 509 g/mol. The number of aromatic amines is 2. The van der Waals surface area contributed by atoms with Crippen molar-refractivity contribution >= 4 is 34.3 Å². The zero-order valence-electron chi connectivity index (χ0n) is 16.9. The summed E-state index contributed by atoms with van der Waals surface area (Å²) in [4.78, 5) is 28.4. The fourth-order valence-electron chi connectivity index (χ4n) is 3.08. The van der Waals surface area contributed by atoms with Crippen LogP contribution >= 0.6 is 23.4 Å². The summed E-state index contributed by atoms with van der Waals surface area (Å²) in [6, 6.07) is 3.66. The third-order valence-corrected chi connectivity index (χ3v) is 6.07. The van der Waals surface area contributed by atoms with Crippen molar-refractivity contribution in [3.05, 3.63) is 61.5 Å². The van der Waals surface area contributed by atoms with Crippen LogP contribution < -0.4 is 11.2 Å². The van der Waals surface area contributed by atoms with Crippen molar-refractivity contribution in [1.82, 2.24) is 9.97 Å². The van der Waals surface area contributed by atoms with E-state index in [0.717, 1.165) is 30.0 Å². The molecule has 0 radical (unpaired) electrons. The number of hydrogen-bond acceptors (Lipinski definition) is 6. The van der Waals surface area contributed by atoms with Crippen molar-refractivity contribution in [2.24, 2.45) is 0 Å². The van der Waals surface area contributed by atoms with Crippen LogP contribution in [0.1, 0.15) is 5.56 Å². The highest BCUT2D eigenvalue weighted by Crippen LogP contribution is 2.45. The van der Waals surface area contributed by atoms with Gasteiger partial charge in [-0.3, -0.25) is 9.78 Å². The van der Waals surface area contributed by atoms with E-state index in [1.807, 2.05) is 4.98 Å². The molecule has 1 aromatic heterocycles. The van der Waals surface area contributed by atoms with Gasteiger partial charge in [0.15, 0.2) is 0 Å². The van der Waals surface area contributed by atoms with E-state index in [1.54, 1.807) is 0 Å². The smallest absolute Gasteiger partial charge is 0.394 e. The van der Waals surface area contributed by atoms with Gasteiger partial charge in [0.2, 0.25) is 0 Å². The highest BCUT2D eigenvalue weighted by molar-refractivity contribution is 7.99. The van der Waals surface area contributed by atoms with Gasteiger partial charge in [0.25, 0.3) is 5.56 Å².